The van der Waals surface area contributed by atoms with E-state index in [2.05, 4.69) is 5.10 Å². The maximum atomic E-state index is 13.0. The van der Waals surface area contributed by atoms with Crippen LogP contribution in [0.1, 0.15) is 35.9 Å². The normalized spacial score (nSPS) is 24.3. The van der Waals surface area contributed by atoms with Crippen molar-refractivity contribution >= 4 is 34.9 Å². The van der Waals surface area contributed by atoms with Gasteiger partial charge >= 0.3 is 6.03 Å². The molecule has 0 saturated carbocycles. The second-order valence-corrected chi connectivity index (χ2v) is 8.00. The Morgan fingerprint density at radius 2 is 2.14 bits per heavy atom. The molecule has 0 aromatic carbocycles. The van der Waals surface area contributed by atoms with Gasteiger partial charge in [0, 0.05) is 13.0 Å². The SMILES string of the molecule is O=C1[C@@H]2CCCN2C(=O)N1CC(=O)N1N=C(c2cccs2)C[C@H]1c1ccco1. The van der Waals surface area contributed by atoms with Crippen molar-refractivity contribution in [3.63, 3.8) is 0 Å². The molecule has 0 unspecified atom stereocenters. The number of hydrogen-bond acceptors (Lipinski definition) is 6. The van der Waals surface area contributed by atoms with Gasteiger partial charge < -0.3 is 9.32 Å². The number of urea groups is 1. The molecule has 0 bridgehead atoms. The van der Waals surface area contributed by atoms with Crippen molar-refractivity contribution < 1.29 is 18.8 Å². The molecule has 8 nitrogen and oxygen atoms in total. The molecule has 2 aromatic heterocycles. The molecule has 0 N–H and O–H groups in total. The zero-order valence-electron chi connectivity index (χ0n) is 15.0. The van der Waals surface area contributed by atoms with Crippen LogP contribution >= 0.6 is 11.3 Å². The van der Waals surface area contributed by atoms with E-state index in [1.54, 1.807) is 34.6 Å². The standard InChI is InChI=1S/C19H18N4O4S/c24-17(11-22-18(25)13-4-1-7-21(13)19(22)26)23-14(15-5-2-8-27-15)10-12(20-23)16-6-3-9-28-16/h2-3,5-6,8-9,13-14H,1,4,7,10-11H2/t13-,14-/m0/s1. The van der Waals surface area contributed by atoms with Gasteiger partial charge in [0.1, 0.15) is 24.4 Å². The average molecular weight is 398 g/mol. The third-order valence-electron chi connectivity index (χ3n) is 5.42. The summed E-state index contributed by atoms with van der Waals surface area (Å²) in [6.45, 7) is 0.266. The molecule has 2 fully saturated rings. The number of fused-ring (bicyclic) bond motifs is 1. The highest BCUT2D eigenvalue weighted by Crippen LogP contribution is 2.35. The Bertz CT molecular complexity index is 931. The zero-order valence-corrected chi connectivity index (χ0v) is 15.8. The van der Waals surface area contributed by atoms with E-state index in [4.69, 9.17) is 4.42 Å². The molecule has 5 heterocycles. The molecule has 3 aliphatic rings. The van der Waals surface area contributed by atoms with Crippen LogP contribution in [0.25, 0.3) is 0 Å². The van der Waals surface area contributed by atoms with E-state index in [0.29, 0.717) is 25.1 Å². The van der Waals surface area contributed by atoms with Crippen LogP contribution in [0.2, 0.25) is 0 Å². The summed E-state index contributed by atoms with van der Waals surface area (Å²) < 4.78 is 5.52. The second-order valence-electron chi connectivity index (χ2n) is 7.06. The van der Waals surface area contributed by atoms with Crippen molar-refractivity contribution in [2.24, 2.45) is 5.10 Å². The van der Waals surface area contributed by atoms with Gasteiger partial charge in [-0.25, -0.2) is 9.80 Å². The summed E-state index contributed by atoms with van der Waals surface area (Å²) in [7, 11) is 0. The maximum absolute atomic E-state index is 13.0. The maximum Gasteiger partial charge on any atom is 0.327 e. The van der Waals surface area contributed by atoms with E-state index in [0.717, 1.165) is 21.9 Å². The minimum absolute atomic E-state index is 0.285. The molecule has 9 heteroatoms. The molecule has 0 aliphatic carbocycles. The van der Waals surface area contributed by atoms with Crippen molar-refractivity contribution in [2.45, 2.75) is 31.3 Å². The van der Waals surface area contributed by atoms with Gasteiger partial charge in [-0.1, -0.05) is 6.07 Å². The smallest absolute Gasteiger partial charge is 0.327 e. The summed E-state index contributed by atoms with van der Waals surface area (Å²) in [5.74, 6) is -0.0498. The van der Waals surface area contributed by atoms with Crippen LogP contribution in [0.4, 0.5) is 4.79 Å². The van der Waals surface area contributed by atoms with E-state index < -0.39 is 11.9 Å². The fourth-order valence-electron chi connectivity index (χ4n) is 4.07. The first kappa shape index (κ1) is 17.2. The van der Waals surface area contributed by atoms with E-state index in [1.165, 1.54) is 5.01 Å². The largest absolute Gasteiger partial charge is 0.467 e. The number of carbonyl (C=O) groups excluding carboxylic acids is 3. The Morgan fingerprint density at radius 3 is 2.86 bits per heavy atom. The molecule has 2 atom stereocenters. The van der Waals surface area contributed by atoms with Gasteiger partial charge in [0.25, 0.3) is 11.8 Å². The number of amides is 4. The Balaban J connectivity index is 1.40. The first-order valence-electron chi connectivity index (χ1n) is 9.22. The monoisotopic (exact) mass is 398 g/mol. The highest BCUT2D eigenvalue weighted by atomic mass is 32.1. The first-order chi connectivity index (χ1) is 13.6. The van der Waals surface area contributed by atoms with E-state index in [-0.39, 0.29) is 24.5 Å². The van der Waals surface area contributed by atoms with Crippen molar-refractivity contribution in [1.29, 1.82) is 0 Å². The van der Waals surface area contributed by atoms with Crippen LogP contribution in [0.15, 0.2) is 45.4 Å². The van der Waals surface area contributed by atoms with Gasteiger partial charge in [0.05, 0.1) is 16.9 Å². The van der Waals surface area contributed by atoms with Crippen molar-refractivity contribution in [2.75, 3.05) is 13.1 Å². The van der Waals surface area contributed by atoms with Gasteiger partial charge in [-0.05, 0) is 36.4 Å². The summed E-state index contributed by atoms with van der Waals surface area (Å²) >= 11 is 1.55. The lowest BCUT2D eigenvalue weighted by molar-refractivity contribution is -0.138. The fourth-order valence-corrected chi connectivity index (χ4v) is 4.79. The number of furan rings is 1. The third-order valence-corrected chi connectivity index (χ3v) is 6.34. The predicted octanol–water partition coefficient (Wildman–Crippen LogP) is 2.45. The van der Waals surface area contributed by atoms with Crippen LogP contribution in [0.5, 0.6) is 0 Å². The number of nitrogens with zero attached hydrogens (tertiary/aromatic N) is 4. The lowest BCUT2D eigenvalue weighted by Crippen LogP contribution is -2.42. The third kappa shape index (κ3) is 2.65. The van der Waals surface area contributed by atoms with Crippen molar-refractivity contribution in [3.05, 3.63) is 46.5 Å². The summed E-state index contributed by atoms with van der Waals surface area (Å²) in [6, 6.07) is 6.29. The van der Waals surface area contributed by atoms with Gasteiger partial charge in [0.15, 0.2) is 0 Å². The molecule has 3 aliphatic heterocycles. The summed E-state index contributed by atoms with van der Waals surface area (Å²) in [4.78, 5) is 41.7. The molecule has 144 valence electrons. The molecule has 0 spiro atoms. The van der Waals surface area contributed by atoms with Crippen LogP contribution < -0.4 is 0 Å². The Hall–Kier alpha value is -2.94. The van der Waals surface area contributed by atoms with Gasteiger partial charge in [-0.3, -0.25) is 14.5 Å². The van der Waals surface area contributed by atoms with Crippen LogP contribution in [0, 0.1) is 0 Å². The van der Waals surface area contributed by atoms with Gasteiger partial charge in [0.2, 0.25) is 0 Å². The van der Waals surface area contributed by atoms with Crippen molar-refractivity contribution in [1.82, 2.24) is 14.8 Å². The number of carbonyl (C=O) groups is 3. The predicted molar refractivity (Wildman–Crippen MR) is 101 cm³/mol. The lowest BCUT2D eigenvalue weighted by Gasteiger charge is -2.22. The Morgan fingerprint density at radius 1 is 1.25 bits per heavy atom. The summed E-state index contributed by atoms with van der Waals surface area (Å²) in [5, 5.41) is 7.84. The zero-order chi connectivity index (χ0) is 19.3. The number of rotatable bonds is 4. The number of hydrogen-bond donors (Lipinski definition) is 0. The molecular formula is C19H18N4O4S. The lowest BCUT2D eigenvalue weighted by atomic mass is 10.1. The van der Waals surface area contributed by atoms with Crippen LogP contribution in [-0.2, 0) is 9.59 Å². The molecule has 2 aromatic rings. The minimum Gasteiger partial charge on any atom is -0.467 e. The molecule has 2 saturated heterocycles. The van der Waals surface area contributed by atoms with Crippen LogP contribution in [0.3, 0.4) is 0 Å². The molecule has 28 heavy (non-hydrogen) atoms. The Labute approximate surface area is 165 Å². The highest BCUT2D eigenvalue weighted by Gasteiger charge is 2.48. The molecule has 0 radical (unpaired) electrons. The second kappa shape index (κ2) is 6.59. The highest BCUT2D eigenvalue weighted by molar-refractivity contribution is 7.12. The number of imide groups is 1. The molecule has 5 rings (SSSR count). The van der Waals surface area contributed by atoms with E-state index in [9.17, 15) is 14.4 Å². The minimum atomic E-state index is -0.412. The average Bonchev–Trinajstić information content (AvgIpc) is 3.50. The first-order valence-corrected chi connectivity index (χ1v) is 10.1. The number of thiophene rings is 1. The topological polar surface area (TPSA) is 86.4 Å². The fraction of sp³-hybridized carbons (Fsp3) is 0.368. The van der Waals surface area contributed by atoms with Gasteiger partial charge in [-0.15, -0.1) is 11.3 Å². The molecular weight excluding hydrogens is 380 g/mol. The van der Waals surface area contributed by atoms with E-state index in [1.807, 2.05) is 17.5 Å². The summed E-state index contributed by atoms with van der Waals surface area (Å²) in [5.41, 5.74) is 0.796. The Kier molecular flexibility index (Phi) is 4.04. The van der Waals surface area contributed by atoms with Gasteiger partial charge in [-0.2, -0.15) is 5.10 Å². The molecule has 4 amide bonds. The number of hydrazone groups is 1. The summed E-state index contributed by atoms with van der Waals surface area (Å²) in [6.07, 6.45) is 3.57. The van der Waals surface area contributed by atoms with E-state index >= 15 is 0 Å². The quantitative estimate of drug-likeness (QED) is 0.741. The van der Waals surface area contributed by atoms with Crippen LogP contribution in [-0.4, -0.2) is 57.5 Å². The van der Waals surface area contributed by atoms with Crippen molar-refractivity contribution in [3.8, 4) is 0 Å².